The van der Waals surface area contributed by atoms with E-state index in [0.717, 1.165) is 16.8 Å². The lowest BCUT2D eigenvalue weighted by molar-refractivity contribution is 1.04. The molecule has 0 bridgehead atoms. The first-order valence-corrected chi connectivity index (χ1v) is 5.52. The van der Waals surface area contributed by atoms with E-state index in [1.165, 1.54) is 0 Å². The molecule has 0 radical (unpaired) electrons. The molecule has 0 amide bonds. The van der Waals surface area contributed by atoms with Crippen molar-refractivity contribution in [1.29, 1.82) is 0 Å². The van der Waals surface area contributed by atoms with Gasteiger partial charge in [0.15, 0.2) is 11.0 Å². The molecule has 0 atom stereocenters. The van der Waals surface area contributed by atoms with Gasteiger partial charge in [-0.15, -0.1) is 10.2 Å². The first-order chi connectivity index (χ1) is 8.08. The highest BCUT2D eigenvalue weighted by atomic mass is 35.5. The zero-order valence-electron chi connectivity index (χ0n) is 9.68. The molecule has 4 nitrogen and oxygen atoms in total. The van der Waals surface area contributed by atoms with E-state index < -0.39 is 0 Å². The van der Waals surface area contributed by atoms with Crippen LogP contribution in [0.5, 0.6) is 0 Å². The van der Waals surface area contributed by atoms with Crippen LogP contribution < -0.4 is 10.6 Å². The fourth-order valence-electron chi connectivity index (χ4n) is 1.55. The van der Waals surface area contributed by atoms with Crippen molar-refractivity contribution in [3.8, 4) is 11.1 Å². The normalized spacial score (nSPS) is 10.3. The second-order valence-electron chi connectivity index (χ2n) is 3.91. The number of nitrogens with two attached hydrogens (primary N) is 1. The van der Waals surface area contributed by atoms with Crippen LogP contribution in [0, 0.1) is 0 Å². The fourth-order valence-corrected chi connectivity index (χ4v) is 1.69. The SMILES string of the molecule is CN(C)c1ccc(-c2cc(Cl)nnc2N)cc1. The highest BCUT2D eigenvalue weighted by Crippen LogP contribution is 2.27. The predicted molar refractivity (Wildman–Crippen MR) is 71.2 cm³/mol. The van der Waals surface area contributed by atoms with E-state index in [-0.39, 0.29) is 0 Å². The van der Waals surface area contributed by atoms with Gasteiger partial charge >= 0.3 is 0 Å². The summed E-state index contributed by atoms with van der Waals surface area (Å²) in [6, 6.07) is 9.72. The van der Waals surface area contributed by atoms with Crippen molar-refractivity contribution >= 4 is 23.1 Å². The number of rotatable bonds is 2. The number of hydrogen-bond donors (Lipinski definition) is 1. The second-order valence-corrected chi connectivity index (χ2v) is 4.29. The highest BCUT2D eigenvalue weighted by molar-refractivity contribution is 6.29. The molecule has 17 heavy (non-hydrogen) atoms. The van der Waals surface area contributed by atoms with Crippen LogP contribution in [0.1, 0.15) is 0 Å². The van der Waals surface area contributed by atoms with E-state index in [2.05, 4.69) is 10.2 Å². The summed E-state index contributed by atoms with van der Waals surface area (Å²) in [7, 11) is 3.99. The van der Waals surface area contributed by atoms with E-state index >= 15 is 0 Å². The Morgan fingerprint density at radius 3 is 2.35 bits per heavy atom. The molecule has 1 aromatic heterocycles. The number of aromatic nitrogens is 2. The molecule has 0 fully saturated rings. The molecule has 0 spiro atoms. The van der Waals surface area contributed by atoms with Crippen molar-refractivity contribution in [3.63, 3.8) is 0 Å². The summed E-state index contributed by atoms with van der Waals surface area (Å²) < 4.78 is 0. The maximum Gasteiger partial charge on any atom is 0.154 e. The summed E-state index contributed by atoms with van der Waals surface area (Å²) in [5, 5.41) is 7.83. The Bertz CT molecular complexity index is 523. The Morgan fingerprint density at radius 2 is 1.76 bits per heavy atom. The van der Waals surface area contributed by atoms with Gasteiger partial charge in [0, 0.05) is 25.3 Å². The molecule has 0 aliphatic carbocycles. The lowest BCUT2D eigenvalue weighted by Gasteiger charge is -2.13. The Hall–Kier alpha value is -1.81. The standard InChI is InChI=1S/C12H13ClN4/c1-17(2)9-5-3-8(4-6-9)10-7-11(13)15-16-12(10)14/h3-7H,1-2H3,(H2,14,16). The van der Waals surface area contributed by atoms with Crippen LogP contribution in [0.25, 0.3) is 11.1 Å². The molecular weight excluding hydrogens is 236 g/mol. The molecule has 5 heteroatoms. The first kappa shape index (κ1) is 11.7. The number of halogens is 1. The van der Waals surface area contributed by atoms with Gasteiger partial charge in [-0.05, 0) is 23.8 Å². The molecule has 0 aliphatic rings. The third-order valence-corrected chi connectivity index (χ3v) is 2.67. The van der Waals surface area contributed by atoms with Gasteiger partial charge in [-0.1, -0.05) is 23.7 Å². The summed E-state index contributed by atoms with van der Waals surface area (Å²) in [6.45, 7) is 0. The lowest BCUT2D eigenvalue weighted by atomic mass is 10.1. The van der Waals surface area contributed by atoms with E-state index in [1.807, 2.05) is 43.3 Å². The van der Waals surface area contributed by atoms with E-state index in [0.29, 0.717) is 11.0 Å². The van der Waals surface area contributed by atoms with Crippen molar-refractivity contribution in [1.82, 2.24) is 10.2 Å². The Kier molecular flexibility index (Phi) is 3.15. The maximum absolute atomic E-state index is 5.81. The molecular formula is C12H13ClN4. The second kappa shape index (κ2) is 4.59. The zero-order chi connectivity index (χ0) is 12.4. The summed E-state index contributed by atoms with van der Waals surface area (Å²) in [5.41, 5.74) is 8.68. The minimum Gasteiger partial charge on any atom is -0.382 e. The van der Waals surface area contributed by atoms with Crippen molar-refractivity contribution in [2.45, 2.75) is 0 Å². The molecule has 0 aliphatic heterocycles. The molecule has 1 aromatic carbocycles. The van der Waals surface area contributed by atoms with Gasteiger partial charge in [-0.25, -0.2) is 0 Å². The van der Waals surface area contributed by atoms with Crippen LogP contribution in [0.3, 0.4) is 0 Å². The fraction of sp³-hybridized carbons (Fsp3) is 0.167. The van der Waals surface area contributed by atoms with E-state index in [4.69, 9.17) is 17.3 Å². The molecule has 88 valence electrons. The Labute approximate surface area is 105 Å². The minimum atomic E-state index is 0.339. The number of anilines is 2. The number of nitrogens with zero attached hydrogens (tertiary/aromatic N) is 3. The molecule has 0 saturated carbocycles. The Balaban J connectivity index is 2.43. The zero-order valence-corrected chi connectivity index (χ0v) is 10.4. The largest absolute Gasteiger partial charge is 0.382 e. The van der Waals surface area contributed by atoms with Gasteiger partial charge < -0.3 is 10.6 Å². The lowest BCUT2D eigenvalue weighted by Crippen LogP contribution is -2.08. The van der Waals surface area contributed by atoms with E-state index in [9.17, 15) is 0 Å². The van der Waals surface area contributed by atoms with Gasteiger partial charge in [0.1, 0.15) is 0 Å². The molecule has 1 heterocycles. The topological polar surface area (TPSA) is 55.0 Å². The highest BCUT2D eigenvalue weighted by Gasteiger charge is 2.06. The molecule has 2 rings (SSSR count). The molecule has 0 unspecified atom stereocenters. The van der Waals surface area contributed by atoms with Crippen LogP contribution in [0.4, 0.5) is 11.5 Å². The smallest absolute Gasteiger partial charge is 0.154 e. The monoisotopic (exact) mass is 248 g/mol. The summed E-state index contributed by atoms with van der Waals surface area (Å²) in [6.07, 6.45) is 0. The van der Waals surface area contributed by atoms with Crippen molar-refractivity contribution < 1.29 is 0 Å². The van der Waals surface area contributed by atoms with Crippen molar-refractivity contribution in [3.05, 3.63) is 35.5 Å². The number of hydrogen-bond acceptors (Lipinski definition) is 4. The predicted octanol–water partition coefficient (Wildman–Crippen LogP) is 2.45. The van der Waals surface area contributed by atoms with Crippen LogP contribution in [-0.4, -0.2) is 24.3 Å². The van der Waals surface area contributed by atoms with Gasteiger partial charge in [0.05, 0.1) is 0 Å². The van der Waals surface area contributed by atoms with Gasteiger partial charge in [-0.2, -0.15) is 0 Å². The summed E-state index contributed by atoms with van der Waals surface area (Å²) >= 11 is 5.81. The van der Waals surface area contributed by atoms with Crippen molar-refractivity contribution in [2.24, 2.45) is 0 Å². The van der Waals surface area contributed by atoms with Gasteiger partial charge in [0.2, 0.25) is 0 Å². The van der Waals surface area contributed by atoms with Crippen molar-refractivity contribution in [2.75, 3.05) is 24.7 Å². The first-order valence-electron chi connectivity index (χ1n) is 5.14. The molecule has 0 saturated heterocycles. The van der Waals surface area contributed by atoms with Crippen LogP contribution in [0.15, 0.2) is 30.3 Å². The molecule has 2 N–H and O–H groups in total. The third kappa shape index (κ3) is 2.47. The van der Waals surface area contributed by atoms with Crippen LogP contribution >= 0.6 is 11.6 Å². The van der Waals surface area contributed by atoms with Gasteiger partial charge in [0.25, 0.3) is 0 Å². The van der Waals surface area contributed by atoms with E-state index in [1.54, 1.807) is 6.07 Å². The van der Waals surface area contributed by atoms with Gasteiger partial charge in [-0.3, -0.25) is 0 Å². The van der Waals surface area contributed by atoms with Crippen LogP contribution in [-0.2, 0) is 0 Å². The number of nitrogen functional groups attached to an aromatic ring is 1. The quantitative estimate of drug-likeness (QED) is 0.887. The molecule has 2 aromatic rings. The number of benzene rings is 1. The summed E-state index contributed by atoms with van der Waals surface area (Å²) in [5.74, 6) is 0.381. The average molecular weight is 249 g/mol. The Morgan fingerprint density at radius 1 is 1.12 bits per heavy atom. The average Bonchev–Trinajstić information content (AvgIpc) is 2.32. The third-order valence-electron chi connectivity index (χ3n) is 2.49. The van der Waals surface area contributed by atoms with Crippen LogP contribution in [0.2, 0.25) is 5.15 Å². The maximum atomic E-state index is 5.81. The minimum absolute atomic E-state index is 0.339. The summed E-state index contributed by atoms with van der Waals surface area (Å²) in [4.78, 5) is 2.03.